The Morgan fingerprint density at radius 3 is 2.21 bits per heavy atom. The van der Waals surface area contributed by atoms with Crippen LogP contribution >= 0.6 is 0 Å². The van der Waals surface area contributed by atoms with Gasteiger partial charge >= 0.3 is 6.18 Å². The van der Waals surface area contributed by atoms with Crippen LogP contribution in [0.2, 0.25) is 0 Å². The predicted octanol–water partition coefficient (Wildman–Crippen LogP) is 3.83. The van der Waals surface area contributed by atoms with Crippen LogP contribution in [-0.2, 0) is 11.0 Å². The van der Waals surface area contributed by atoms with Crippen molar-refractivity contribution in [3.05, 3.63) is 54.1 Å². The molecule has 0 aliphatic carbocycles. The molecule has 5 nitrogen and oxygen atoms in total. The summed E-state index contributed by atoms with van der Waals surface area (Å²) in [6.45, 7) is 2.49. The van der Waals surface area contributed by atoms with Crippen molar-refractivity contribution in [3.63, 3.8) is 0 Å². The summed E-state index contributed by atoms with van der Waals surface area (Å²) in [5, 5.41) is 0. The molecule has 2 aromatic rings. The Kier molecular flexibility index (Phi) is 6.51. The summed E-state index contributed by atoms with van der Waals surface area (Å²) in [5.74, 6) is 0.850. The van der Waals surface area contributed by atoms with Crippen LogP contribution < -0.4 is 14.4 Å². The van der Waals surface area contributed by atoms with Gasteiger partial charge in [0.25, 0.3) is 5.91 Å². The van der Waals surface area contributed by atoms with E-state index in [9.17, 15) is 18.0 Å². The van der Waals surface area contributed by atoms with Gasteiger partial charge in [-0.3, -0.25) is 4.79 Å². The maximum Gasteiger partial charge on any atom is 0.416 e. The Hall–Kier alpha value is -2.90. The number of alkyl halides is 3. The van der Waals surface area contributed by atoms with E-state index in [0.29, 0.717) is 19.6 Å². The molecule has 2 aromatic carbocycles. The molecule has 0 saturated carbocycles. The number of carbonyl (C=O) groups excluding carboxylic acids is 1. The van der Waals surface area contributed by atoms with Crippen molar-refractivity contribution >= 4 is 11.6 Å². The number of hydrogen-bond donors (Lipinski definition) is 0. The summed E-state index contributed by atoms with van der Waals surface area (Å²) in [6.07, 6.45) is -3.58. The minimum absolute atomic E-state index is 0.179. The zero-order valence-electron chi connectivity index (χ0n) is 16.1. The van der Waals surface area contributed by atoms with Crippen LogP contribution in [-0.4, -0.2) is 50.7 Å². The van der Waals surface area contributed by atoms with Gasteiger partial charge in [-0.05, 0) is 55.0 Å². The second-order valence-corrected chi connectivity index (χ2v) is 6.73. The first kappa shape index (κ1) is 20.8. The van der Waals surface area contributed by atoms with Gasteiger partial charge in [0.2, 0.25) is 0 Å². The molecule has 0 N–H and O–H groups in total. The van der Waals surface area contributed by atoms with Crippen molar-refractivity contribution in [2.75, 3.05) is 44.8 Å². The topological polar surface area (TPSA) is 42.0 Å². The van der Waals surface area contributed by atoms with Crippen molar-refractivity contribution < 1.29 is 27.4 Å². The quantitative estimate of drug-likeness (QED) is 0.754. The molecule has 3 rings (SSSR count). The molecule has 1 heterocycles. The van der Waals surface area contributed by atoms with Gasteiger partial charge in [0.15, 0.2) is 6.61 Å². The van der Waals surface area contributed by atoms with E-state index in [2.05, 4.69) is 4.90 Å². The summed E-state index contributed by atoms with van der Waals surface area (Å²) in [5.41, 5.74) is 0.323. The fraction of sp³-hybridized carbons (Fsp3) is 0.381. The molecule has 1 aliphatic heterocycles. The zero-order chi connectivity index (χ0) is 20.9. The van der Waals surface area contributed by atoms with Gasteiger partial charge in [0.05, 0.1) is 12.7 Å². The number of anilines is 1. The molecule has 8 heteroatoms. The third kappa shape index (κ3) is 5.56. The maximum absolute atomic E-state index is 12.6. The fourth-order valence-electron chi connectivity index (χ4n) is 3.19. The molecule has 0 radical (unpaired) electrons. The van der Waals surface area contributed by atoms with Gasteiger partial charge in [-0.15, -0.1) is 0 Å². The lowest BCUT2D eigenvalue weighted by atomic mass is 10.2. The van der Waals surface area contributed by atoms with Crippen LogP contribution in [0.25, 0.3) is 0 Å². The number of benzene rings is 2. The summed E-state index contributed by atoms with van der Waals surface area (Å²) in [4.78, 5) is 16.4. The first-order valence-electron chi connectivity index (χ1n) is 9.33. The summed E-state index contributed by atoms with van der Waals surface area (Å²) < 4.78 is 48.3. The van der Waals surface area contributed by atoms with Gasteiger partial charge in [0, 0.05) is 31.9 Å². The summed E-state index contributed by atoms with van der Waals surface area (Å²) >= 11 is 0. The van der Waals surface area contributed by atoms with Crippen LogP contribution in [0.1, 0.15) is 12.0 Å². The van der Waals surface area contributed by atoms with E-state index in [4.69, 9.17) is 9.47 Å². The molecular weight excluding hydrogens is 385 g/mol. The number of carbonyl (C=O) groups is 1. The molecule has 156 valence electrons. The van der Waals surface area contributed by atoms with Gasteiger partial charge in [0.1, 0.15) is 11.5 Å². The molecule has 1 fully saturated rings. The largest absolute Gasteiger partial charge is 0.497 e. The molecular formula is C21H23F3N2O3. The van der Waals surface area contributed by atoms with Crippen molar-refractivity contribution in [1.29, 1.82) is 0 Å². The average Bonchev–Trinajstić information content (AvgIpc) is 2.98. The highest BCUT2D eigenvalue weighted by Gasteiger charge is 2.30. The molecule has 0 unspecified atom stereocenters. The van der Waals surface area contributed by atoms with Gasteiger partial charge in [-0.25, -0.2) is 0 Å². The smallest absolute Gasteiger partial charge is 0.416 e. The molecule has 1 aliphatic rings. The number of methoxy groups -OCH3 is 1. The number of halogens is 3. The summed E-state index contributed by atoms with van der Waals surface area (Å²) in [6, 6.07) is 12.1. The van der Waals surface area contributed by atoms with E-state index in [0.717, 1.165) is 36.5 Å². The Morgan fingerprint density at radius 2 is 1.59 bits per heavy atom. The standard InChI is InChI=1S/C21H23F3N2O3/c1-28-18-9-5-17(6-10-18)25-11-2-12-26(14-13-25)20(27)15-29-19-7-3-16(4-8-19)21(22,23)24/h3-10H,2,11-15H2,1H3. The van der Waals surface area contributed by atoms with Crippen molar-refractivity contribution in [1.82, 2.24) is 4.90 Å². The van der Waals surface area contributed by atoms with Crippen LogP contribution in [0.5, 0.6) is 11.5 Å². The number of amides is 1. The summed E-state index contributed by atoms with van der Waals surface area (Å²) in [7, 11) is 1.62. The first-order valence-corrected chi connectivity index (χ1v) is 9.33. The molecule has 0 aromatic heterocycles. The third-order valence-electron chi connectivity index (χ3n) is 4.83. The molecule has 1 saturated heterocycles. The maximum atomic E-state index is 12.6. The number of hydrogen-bond acceptors (Lipinski definition) is 4. The molecule has 0 spiro atoms. The lowest BCUT2D eigenvalue weighted by Crippen LogP contribution is -2.38. The minimum Gasteiger partial charge on any atom is -0.497 e. The van der Waals surface area contributed by atoms with Gasteiger partial charge in [-0.2, -0.15) is 13.2 Å². The van der Waals surface area contributed by atoms with Crippen LogP contribution in [0.3, 0.4) is 0 Å². The van der Waals surface area contributed by atoms with E-state index in [1.165, 1.54) is 12.1 Å². The third-order valence-corrected chi connectivity index (χ3v) is 4.83. The van der Waals surface area contributed by atoms with Crippen molar-refractivity contribution in [3.8, 4) is 11.5 Å². The first-order chi connectivity index (χ1) is 13.9. The number of ether oxygens (including phenoxy) is 2. The lowest BCUT2D eigenvalue weighted by molar-refractivity contribution is -0.137. The van der Waals surface area contributed by atoms with Crippen molar-refractivity contribution in [2.24, 2.45) is 0 Å². The lowest BCUT2D eigenvalue weighted by Gasteiger charge is -2.24. The van der Waals surface area contributed by atoms with Crippen LogP contribution in [0.15, 0.2) is 48.5 Å². The molecule has 1 amide bonds. The monoisotopic (exact) mass is 408 g/mol. The van der Waals surface area contributed by atoms with Crippen LogP contribution in [0.4, 0.5) is 18.9 Å². The Morgan fingerprint density at radius 1 is 0.931 bits per heavy atom. The van der Waals surface area contributed by atoms with Gasteiger partial charge in [-0.1, -0.05) is 0 Å². The zero-order valence-corrected chi connectivity index (χ0v) is 16.1. The SMILES string of the molecule is COc1ccc(N2CCCN(C(=O)COc3ccc(C(F)(F)F)cc3)CC2)cc1. The second kappa shape index (κ2) is 9.07. The molecule has 0 bridgehead atoms. The van der Waals surface area contributed by atoms with E-state index < -0.39 is 11.7 Å². The molecule has 29 heavy (non-hydrogen) atoms. The molecule has 0 atom stereocenters. The van der Waals surface area contributed by atoms with E-state index in [1.807, 2.05) is 24.3 Å². The number of nitrogens with zero attached hydrogens (tertiary/aromatic N) is 2. The minimum atomic E-state index is -4.39. The highest BCUT2D eigenvalue weighted by Crippen LogP contribution is 2.30. The fourth-order valence-corrected chi connectivity index (χ4v) is 3.19. The highest BCUT2D eigenvalue weighted by molar-refractivity contribution is 5.78. The Balaban J connectivity index is 1.51. The van der Waals surface area contributed by atoms with E-state index in [1.54, 1.807) is 12.0 Å². The van der Waals surface area contributed by atoms with E-state index >= 15 is 0 Å². The van der Waals surface area contributed by atoms with E-state index in [-0.39, 0.29) is 18.3 Å². The second-order valence-electron chi connectivity index (χ2n) is 6.73. The Labute approximate surface area is 167 Å². The van der Waals surface area contributed by atoms with Crippen LogP contribution in [0, 0.1) is 0 Å². The predicted molar refractivity (Wildman–Crippen MR) is 103 cm³/mol. The number of rotatable bonds is 5. The Bertz CT molecular complexity index is 807. The van der Waals surface area contributed by atoms with Gasteiger partial charge < -0.3 is 19.3 Å². The van der Waals surface area contributed by atoms with Crippen molar-refractivity contribution in [2.45, 2.75) is 12.6 Å². The average molecular weight is 408 g/mol. The highest BCUT2D eigenvalue weighted by atomic mass is 19.4. The normalized spacial score (nSPS) is 15.0.